The molecule has 158 valence electrons. The first kappa shape index (κ1) is 20.5. The fourth-order valence-corrected chi connectivity index (χ4v) is 3.65. The molecule has 0 fully saturated rings. The highest BCUT2D eigenvalue weighted by molar-refractivity contribution is 6.09. The van der Waals surface area contributed by atoms with Gasteiger partial charge in [-0.25, -0.2) is 22.6 Å². The van der Waals surface area contributed by atoms with Crippen LogP contribution in [0.15, 0.2) is 59.7 Å². The number of halogens is 4. The van der Waals surface area contributed by atoms with E-state index in [2.05, 4.69) is 9.98 Å². The minimum atomic E-state index is -2.05. The minimum absolute atomic E-state index is 0.00940. The Hall–Kier alpha value is -3.75. The van der Waals surface area contributed by atoms with Crippen molar-refractivity contribution in [2.45, 2.75) is 12.2 Å². The zero-order valence-electron chi connectivity index (χ0n) is 16.2. The van der Waals surface area contributed by atoms with Crippen LogP contribution >= 0.6 is 0 Å². The fraction of sp³-hybridized carbons (Fsp3) is 0.136. The van der Waals surface area contributed by atoms with Gasteiger partial charge in [0.05, 0.1) is 5.69 Å². The van der Waals surface area contributed by atoms with Gasteiger partial charge in [-0.15, -0.1) is 0 Å². The van der Waals surface area contributed by atoms with Gasteiger partial charge in [0, 0.05) is 36.0 Å². The minimum Gasteiger partial charge on any atom is -0.369 e. The maximum Gasteiger partial charge on any atom is 0.266 e. The lowest BCUT2D eigenvalue weighted by Gasteiger charge is -2.27. The summed E-state index contributed by atoms with van der Waals surface area (Å²) in [6.45, 7) is -0.931. The Morgan fingerprint density at radius 3 is 2.39 bits per heavy atom. The number of nitrogens with zero attached hydrogens (tertiary/aromatic N) is 3. The molecular weight excluding hydrogens is 412 g/mol. The van der Waals surface area contributed by atoms with E-state index in [0.29, 0.717) is 6.07 Å². The van der Waals surface area contributed by atoms with Crippen LogP contribution in [0.25, 0.3) is 11.1 Å². The molecular formula is C22H16F4N4O. The maximum absolute atomic E-state index is 15.1. The van der Waals surface area contributed by atoms with Crippen molar-refractivity contribution in [1.82, 2.24) is 9.88 Å². The molecule has 4 rings (SSSR count). The van der Waals surface area contributed by atoms with E-state index >= 15 is 4.39 Å². The smallest absolute Gasteiger partial charge is 0.266 e. The van der Waals surface area contributed by atoms with Crippen LogP contribution in [-0.2, 0) is 17.0 Å². The second kappa shape index (κ2) is 7.50. The predicted molar refractivity (Wildman–Crippen MR) is 106 cm³/mol. The fourth-order valence-electron chi connectivity index (χ4n) is 3.65. The van der Waals surface area contributed by atoms with Crippen LogP contribution in [0.3, 0.4) is 0 Å². The Labute approximate surface area is 174 Å². The molecule has 0 saturated carbocycles. The van der Waals surface area contributed by atoms with E-state index in [4.69, 9.17) is 5.73 Å². The number of amides is 1. The third-order valence-corrected chi connectivity index (χ3v) is 5.22. The third-order valence-electron chi connectivity index (χ3n) is 5.22. The number of likely N-dealkylation sites (N-methyl/N-ethyl adjacent to an activating group) is 1. The van der Waals surface area contributed by atoms with E-state index in [0.717, 1.165) is 17.0 Å². The topological polar surface area (TPSA) is 71.6 Å². The summed E-state index contributed by atoms with van der Waals surface area (Å²) in [5.74, 6) is -3.77. The quantitative estimate of drug-likeness (QED) is 0.645. The SMILES string of the molecule is CN1C(=O)C(c2ccnc(CF)c2)(c2cc(-c3ccccc3F)c(F)cc2F)N=C1N. The number of aliphatic imine (C=N–C) groups is 1. The Morgan fingerprint density at radius 2 is 1.74 bits per heavy atom. The summed E-state index contributed by atoms with van der Waals surface area (Å²) < 4.78 is 57.4. The van der Waals surface area contributed by atoms with Gasteiger partial charge in [0.25, 0.3) is 5.91 Å². The lowest BCUT2D eigenvalue weighted by Crippen LogP contribution is -2.41. The van der Waals surface area contributed by atoms with Crippen LogP contribution in [0.4, 0.5) is 17.6 Å². The Bertz CT molecular complexity index is 1230. The number of alkyl halides is 1. The van der Waals surface area contributed by atoms with Crippen molar-refractivity contribution in [2.75, 3.05) is 7.05 Å². The van der Waals surface area contributed by atoms with Crippen molar-refractivity contribution in [1.29, 1.82) is 0 Å². The maximum atomic E-state index is 15.1. The zero-order valence-corrected chi connectivity index (χ0v) is 16.2. The summed E-state index contributed by atoms with van der Waals surface area (Å²) in [5.41, 5.74) is 3.16. The van der Waals surface area contributed by atoms with E-state index in [1.807, 2.05) is 0 Å². The van der Waals surface area contributed by atoms with Gasteiger partial charge in [0.2, 0.25) is 0 Å². The molecule has 2 N–H and O–H groups in total. The number of pyridine rings is 1. The Morgan fingerprint density at radius 1 is 1.00 bits per heavy atom. The molecule has 0 saturated heterocycles. The highest BCUT2D eigenvalue weighted by atomic mass is 19.1. The number of carbonyl (C=O) groups is 1. The first-order valence-electron chi connectivity index (χ1n) is 9.19. The van der Waals surface area contributed by atoms with Gasteiger partial charge < -0.3 is 5.73 Å². The van der Waals surface area contributed by atoms with Crippen molar-refractivity contribution < 1.29 is 22.4 Å². The Kier molecular flexibility index (Phi) is 4.96. The molecule has 1 amide bonds. The number of rotatable bonds is 4. The van der Waals surface area contributed by atoms with E-state index < -0.39 is 35.6 Å². The molecule has 2 aromatic carbocycles. The second-order valence-corrected chi connectivity index (χ2v) is 7.01. The molecule has 3 aromatic rings. The second-order valence-electron chi connectivity index (χ2n) is 7.01. The number of hydrogen-bond acceptors (Lipinski definition) is 4. The van der Waals surface area contributed by atoms with Crippen molar-refractivity contribution >= 4 is 11.9 Å². The first-order chi connectivity index (χ1) is 14.8. The molecule has 1 aliphatic heterocycles. The van der Waals surface area contributed by atoms with Gasteiger partial charge in [-0.3, -0.25) is 14.7 Å². The first-order valence-corrected chi connectivity index (χ1v) is 9.19. The molecule has 5 nitrogen and oxygen atoms in total. The highest BCUT2D eigenvalue weighted by Crippen LogP contribution is 2.42. The summed E-state index contributed by atoms with van der Waals surface area (Å²) in [6, 6.07) is 9.62. The molecule has 2 heterocycles. The lowest BCUT2D eigenvalue weighted by atomic mass is 9.81. The average Bonchev–Trinajstić information content (AvgIpc) is 2.99. The van der Waals surface area contributed by atoms with Crippen molar-refractivity contribution in [2.24, 2.45) is 10.7 Å². The standard InChI is InChI=1S/C22H16F4N4O/c1-30-20(31)22(29-21(30)27,12-6-7-28-13(8-12)11-23)16-9-15(18(25)10-19(16)26)14-4-2-3-5-17(14)24/h2-10H,11H2,1H3,(H2,27,29). The number of guanidine groups is 1. The molecule has 0 spiro atoms. The van der Waals surface area contributed by atoms with E-state index in [1.165, 1.54) is 43.6 Å². The molecule has 1 aromatic heterocycles. The number of hydrogen-bond donors (Lipinski definition) is 1. The van der Waals surface area contributed by atoms with Crippen molar-refractivity contribution in [3.05, 3.63) is 89.0 Å². The van der Waals surface area contributed by atoms with Gasteiger partial charge in [0.1, 0.15) is 24.1 Å². The summed E-state index contributed by atoms with van der Waals surface area (Å²) in [5, 5.41) is 0. The van der Waals surface area contributed by atoms with Crippen LogP contribution in [-0.4, -0.2) is 28.8 Å². The van der Waals surface area contributed by atoms with Crippen LogP contribution < -0.4 is 5.73 Å². The molecule has 9 heteroatoms. The number of nitrogens with two attached hydrogens (primary N) is 1. The summed E-state index contributed by atoms with van der Waals surface area (Å²) >= 11 is 0. The zero-order chi connectivity index (χ0) is 22.3. The van der Waals surface area contributed by atoms with Gasteiger partial charge in [-0.2, -0.15) is 0 Å². The molecule has 0 aliphatic carbocycles. The lowest BCUT2D eigenvalue weighted by molar-refractivity contribution is -0.129. The summed E-state index contributed by atoms with van der Waals surface area (Å²) in [6.07, 6.45) is 1.25. The molecule has 1 unspecified atom stereocenters. The van der Waals surface area contributed by atoms with Crippen LogP contribution in [0, 0.1) is 17.5 Å². The van der Waals surface area contributed by atoms with Crippen LogP contribution in [0.2, 0.25) is 0 Å². The van der Waals surface area contributed by atoms with Gasteiger partial charge in [-0.1, -0.05) is 18.2 Å². The molecule has 1 aliphatic rings. The van der Waals surface area contributed by atoms with E-state index in [1.54, 1.807) is 0 Å². The average molecular weight is 428 g/mol. The monoisotopic (exact) mass is 428 g/mol. The molecule has 0 radical (unpaired) electrons. The largest absolute Gasteiger partial charge is 0.369 e. The summed E-state index contributed by atoms with van der Waals surface area (Å²) in [4.78, 5) is 22.3. The normalized spacial score (nSPS) is 18.4. The van der Waals surface area contributed by atoms with Crippen molar-refractivity contribution in [3.63, 3.8) is 0 Å². The number of benzene rings is 2. The predicted octanol–water partition coefficient (Wildman–Crippen LogP) is 3.67. The third kappa shape index (κ3) is 3.13. The Balaban J connectivity index is 2.05. The number of aromatic nitrogens is 1. The van der Waals surface area contributed by atoms with Crippen LogP contribution in [0.1, 0.15) is 16.8 Å². The van der Waals surface area contributed by atoms with Gasteiger partial charge in [0.15, 0.2) is 11.5 Å². The summed E-state index contributed by atoms with van der Waals surface area (Å²) in [7, 11) is 1.35. The molecule has 1 atom stereocenters. The van der Waals surface area contributed by atoms with E-state index in [9.17, 15) is 18.0 Å². The number of carbonyl (C=O) groups excluding carboxylic acids is 1. The molecule has 0 bridgehead atoms. The molecule has 31 heavy (non-hydrogen) atoms. The van der Waals surface area contributed by atoms with Crippen LogP contribution in [0.5, 0.6) is 0 Å². The van der Waals surface area contributed by atoms with E-state index in [-0.39, 0.29) is 33.9 Å². The van der Waals surface area contributed by atoms with Crippen molar-refractivity contribution in [3.8, 4) is 11.1 Å². The van der Waals surface area contributed by atoms with Gasteiger partial charge in [-0.05, 0) is 29.8 Å². The van der Waals surface area contributed by atoms with Gasteiger partial charge >= 0.3 is 0 Å². The highest BCUT2D eigenvalue weighted by Gasteiger charge is 2.51.